The number of rotatable bonds is 9. The van der Waals surface area contributed by atoms with Crippen LogP contribution >= 0.6 is 6.04 Å². The summed E-state index contributed by atoms with van der Waals surface area (Å²) in [5.74, 6) is 2.31. The van der Waals surface area contributed by atoms with E-state index in [1.807, 2.05) is 85.8 Å². The van der Waals surface area contributed by atoms with E-state index >= 15 is 0 Å². The first kappa shape index (κ1) is 28.5. The Kier molecular flexibility index (Phi) is 9.05. The van der Waals surface area contributed by atoms with Crippen molar-refractivity contribution < 1.29 is 8.42 Å². The third kappa shape index (κ3) is 6.33. The molecule has 0 atom stereocenters. The largest absolute Gasteiger partial charge is 0.265 e. The molecule has 0 bridgehead atoms. The van der Waals surface area contributed by atoms with Crippen LogP contribution in [0.5, 0.6) is 0 Å². The molecule has 0 N–H and O–H groups in total. The van der Waals surface area contributed by atoms with Gasteiger partial charge in [-0.2, -0.15) is 0 Å². The molecule has 3 nitrogen and oxygen atoms in total. The molecule has 0 saturated heterocycles. The molecule has 0 radical (unpaired) electrons. The predicted molar refractivity (Wildman–Crippen MR) is 171 cm³/mol. The quantitative estimate of drug-likeness (QED) is 0.189. The molecule has 0 aliphatic heterocycles. The lowest BCUT2D eigenvalue weighted by molar-refractivity contribution is 0.338. The second kappa shape index (κ2) is 12.7. The maximum atomic E-state index is 14.6. The molecule has 1 saturated carbocycles. The zero-order chi connectivity index (χ0) is 28.0. The van der Waals surface area contributed by atoms with Crippen molar-refractivity contribution in [2.45, 2.75) is 50.5 Å². The molecule has 1 fully saturated rings. The van der Waals surface area contributed by atoms with E-state index in [-0.39, 0.29) is 12.5 Å². The lowest BCUT2D eigenvalue weighted by Gasteiger charge is -2.35. The number of allylic oxidation sites excluding steroid dienone is 1. The Hall–Kier alpha value is -2.98. The first-order valence-corrected chi connectivity index (χ1v) is 18.3. The van der Waals surface area contributed by atoms with Gasteiger partial charge in [0.15, 0.2) is 0 Å². The van der Waals surface area contributed by atoms with Gasteiger partial charge in [-0.3, -0.25) is 4.31 Å². The van der Waals surface area contributed by atoms with Crippen LogP contribution < -0.4 is 10.6 Å². The molecule has 40 heavy (non-hydrogen) atoms. The van der Waals surface area contributed by atoms with Gasteiger partial charge in [0.25, 0.3) is 10.0 Å². The Labute approximate surface area is 244 Å². The summed E-state index contributed by atoms with van der Waals surface area (Å²) in [6.07, 6.45) is 5.27. The lowest BCUT2D eigenvalue weighted by Crippen LogP contribution is -2.34. The van der Waals surface area contributed by atoms with Crippen molar-refractivity contribution in [1.82, 2.24) is 4.31 Å². The third-order valence-corrected chi connectivity index (χ3v) is 13.8. The molecule has 5 rings (SSSR count). The molecule has 4 aromatic carbocycles. The molecule has 1 aliphatic carbocycles. The van der Waals surface area contributed by atoms with Gasteiger partial charge in [0, 0.05) is 17.7 Å². The van der Waals surface area contributed by atoms with Gasteiger partial charge < -0.3 is 0 Å². The van der Waals surface area contributed by atoms with Crippen molar-refractivity contribution in [2.75, 3.05) is 0 Å². The van der Waals surface area contributed by atoms with Gasteiger partial charge in [-0.05, 0) is 53.9 Å². The van der Waals surface area contributed by atoms with Crippen LogP contribution in [-0.2, 0) is 28.4 Å². The topological polar surface area (TPSA) is 37.4 Å². The van der Waals surface area contributed by atoms with Crippen LogP contribution in [0, 0.1) is 12.8 Å². The molecule has 0 unspecified atom stereocenters. The molecule has 0 aromatic heterocycles. The molecule has 206 valence electrons. The monoisotopic (exact) mass is 585 g/mol. The molecule has 1 aliphatic rings. The summed E-state index contributed by atoms with van der Waals surface area (Å²) < 4.78 is 30.8. The van der Waals surface area contributed by atoms with Crippen molar-refractivity contribution in [1.29, 1.82) is 0 Å². The van der Waals surface area contributed by atoms with E-state index in [0.717, 1.165) is 53.1 Å². The molecule has 4 aromatic rings. The fourth-order valence-corrected chi connectivity index (χ4v) is 10.7. The average molecular weight is 586 g/mol. The Balaban J connectivity index is 1.76. The van der Waals surface area contributed by atoms with Crippen LogP contribution in [0.15, 0.2) is 132 Å². The highest BCUT2D eigenvalue weighted by Crippen LogP contribution is 2.49. The van der Waals surface area contributed by atoms with E-state index in [1.165, 1.54) is 6.42 Å². The van der Waals surface area contributed by atoms with Gasteiger partial charge in [0.2, 0.25) is 0 Å². The second-order valence-corrected chi connectivity index (χ2v) is 16.7. The molecule has 0 amide bonds. The molecular formula is C34H36NO2PS2. The van der Waals surface area contributed by atoms with E-state index in [0.29, 0.717) is 4.90 Å². The highest BCUT2D eigenvalue weighted by molar-refractivity contribution is 8.23. The number of hydrogen-bond donors (Lipinski definition) is 0. The van der Waals surface area contributed by atoms with Gasteiger partial charge in [-0.25, -0.2) is 8.42 Å². The minimum absolute atomic E-state index is 0.118. The van der Waals surface area contributed by atoms with Crippen molar-refractivity contribution >= 4 is 38.5 Å². The zero-order valence-corrected chi connectivity index (χ0v) is 25.4. The maximum Gasteiger partial charge on any atom is 0.264 e. The van der Waals surface area contributed by atoms with Gasteiger partial charge in [-0.15, -0.1) is 0 Å². The first-order valence-electron chi connectivity index (χ1n) is 13.9. The maximum absolute atomic E-state index is 14.6. The summed E-state index contributed by atoms with van der Waals surface area (Å²) >= 11 is 6.63. The first-order chi connectivity index (χ1) is 19.4. The van der Waals surface area contributed by atoms with Crippen LogP contribution in [0.4, 0.5) is 0 Å². The molecular weight excluding hydrogens is 549 g/mol. The van der Waals surface area contributed by atoms with E-state index in [2.05, 4.69) is 30.1 Å². The third-order valence-electron chi connectivity index (χ3n) is 7.68. The summed E-state index contributed by atoms with van der Waals surface area (Å²) in [5, 5.41) is 2.13. The van der Waals surface area contributed by atoms with Crippen molar-refractivity contribution in [2.24, 2.45) is 5.92 Å². The Morgan fingerprint density at radius 1 is 0.775 bits per heavy atom. The number of nitrogens with zero attached hydrogens (tertiary/aromatic N) is 1. The Morgan fingerprint density at radius 3 is 1.80 bits per heavy atom. The van der Waals surface area contributed by atoms with Gasteiger partial charge >= 0.3 is 0 Å². The summed E-state index contributed by atoms with van der Waals surface area (Å²) in [4.78, 5) is 0.309. The van der Waals surface area contributed by atoms with Crippen LogP contribution in [0.25, 0.3) is 0 Å². The van der Waals surface area contributed by atoms with Crippen LogP contribution in [-0.4, -0.2) is 12.7 Å². The summed E-state index contributed by atoms with van der Waals surface area (Å²) in [6.45, 7) is 2.24. The molecule has 0 spiro atoms. The number of sulfonamides is 1. The average Bonchev–Trinajstić information content (AvgIpc) is 3.01. The second-order valence-electron chi connectivity index (χ2n) is 10.5. The molecule has 0 heterocycles. The van der Waals surface area contributed by atoms with Gasteiger partial charge in [0.1, 0.15) is 0 Å². The summed E-state index contributed by atoms with van der Waals surface area (Å²) in [6, 6.07) is 35.1. The number of hydrogen-bond acceptors (Lipinski definition) is 3. The number of aryl methyl sites for hydroxylation is 1. The van der Waals surface area contributed by atoms with Crippen molar-refractivity contribution in [3.63, 3.8) is 0 Å². The van der Waals surface area contributed by atoms with Crippen molar-refractivity contribution in [3.8, 4) is 0 Å². The predicted octanol–water partition coefficient (Wildman–Crippen LogP) is 7.74. The minimum Gasteiger partial charge on any atom is -0.265 e. The van der Waals surface area contributed by atoms with E-state index in [9.17, 15) is 8.42 Å². The molecule has 6 heteroatoms. The van der Waals surface area contributed by atoms with Gasteiger partial charge in [0.05, 0.1) is 11.4 Å². The standard InChI is InChI=1S/C34H36NO2PS2/c1-28-22-24-33(25-23-28)40(36,37)35(26-29-14-6-2-7-15-29)34(30-16-8-3-9-17-30)27-38(39,31-18-10-4-11-19-31)32-20-12-5-13-21-32/h2,4-7,10-15,18-25,27,30H,3,8-9,16-17,26H2,1H3/b34-27+. The smallest absolute Gasteiger partial charge is 0.264 e. The highest BCUT2D eigenvalue weighted by Gasteiger charge is 2.34. The Morgan fingerprint density at radius 2 is 1.27 bits per heavy atom. The van der Waals surface area contributed by atoms with E-state index < -0.39 is 16.1 Å². The van der Waals surface area contributed by atoms with Crippen molar-refractivity contribution in [3.05, 3.63) is 138 Å². The van der Waals surface area contributed by atoms with Gasteiger partial charge in [-0.1, -0.05) is 140 Å². The van der Waals surface area contributed by atoms with E-state index in [4.69, 9.17) is 11.8 Å². The lowest BCUT2D eigenvalue weighted by atomic mass is 9.87. The normalized spacial score (nSPS) is 15.1. The van der Waals surface area contributed by atoms with Crippen LogP contribution in [0.3, 0.4) is 0 Å². The fourth-order valence-electron chi connectivity index (χ4n) is 5.46. The summed E-state index contributed by atoms with van der Waals surface area (Å²) in [7, 11) is -3.86. The fraction of sp³-hybridized carbons (Fsp3) is 0.235. The Bertz CT molecular complexity index is 1540. The minimum atomic E-state index is -3.86. The number of benzene rings is 4. The highest BCUT2D eigenvalue weighted by atomic mass is 32.4. The zero-order valence-electron chi connectivity index (χ0n) is 22.9. The van der Waals surface area contributed by atoms with E-state index in [1.54, 1.807) is 16.4 Å². The summed E-state index contributed by atoms with van der Waals surface area (Å²) in [5.41, 5.74) is 2.83. The van der Waals surface area contributed by atoms with Crippen LogP contribution in [0.2, 0.25) is 0 Å². The SMILES string of the molecule is Cc1ccc(S(=O)(=O)N(Cc2ccccc2)/C(=C/P(=S)(c2ccccc2)c2ccccc2)C2CCCCC2)cc1. The van der Waals surface area contributed by atoms with Crippen LogP contribution in [0.1, 0.15) is 43.2 Å².